The fourth-order valence-corrected chi connectivity index (χ4v) is 3.00. The van der Waals surface area contributed by atoms with E-state index in [4.69, 9.17) is 9.84 Å². The highest BCUT2D eigenvalue weighted by Crippen LogP contribution is 2.22. The Balaban J connectivity index is 2.11. The van der Waals surface area contributed by atoms with Gasteiger partial charge in [0.15, 0.2) is 0 Å². The molecule has 1 atom stereocenters. The third kappa shape index (κ3) is 5.57. The van der Waals surface area contributed by atoms with Crippen LogP contribution >= 0.6 is 11.3 Å². The Kier molecular flexibility index (Phi) is 7.61. The zero-order valence-corrected chi connectivity index (χ0v) is 15.6. The van der Waals surface area contributed by atoms with Crippen LogP contribution in [0.4, 0.5) is 0 Å². The lowest BCUT2D eigenvalue weighted by Crippen LogP contribution is -2.38. The molecular weight excluding hydrogens is 356 g/mol. The molecule has 9 heteroatoms. The molecule has 26 heavy (non-hydrogen) atoms. The second-order valence-corrected chi connectivity index (χ2v) is 6.53. The molecule has 2 rings (SSSR count). The van der Waals surface area contributed by atoms with Crippen LogP contribution in [0.1, 0.15) is 30.8 Å². The summed E-state index contributed by atoms with van der Waals surface area (Å²) in [6, 6.07) is 0. The number of ether oxygens (including phenoxy) is 1. The van der Waals surface area contributed by atoms with E-state index in [1.54, 1.807) is 30.9 Å². The van der Waals surface area contributed by atoms with Gasteiger partial charge in [0.1, 0.15) is 16.4 Å². The van der Waals surface area contributed by atoms with Gasteiger partial charge < -0.3 is 14.7 Å². The van der Waals surface area contributed by atoms with E-state index in [9.17, 15) is 9.59 Å². The molecule has 1 N–H and O–H groups in total. The van der Waals surface area contributed by atoms with Crippen LogP contribution in [0.3, 0.4) is 0 Å². The molecule has 2 aromatic rings. The number of carbonyl (C=O) groups is 2. The molecule has 2 aromatic heterocycles. The van der Waals surface area contributed by atoms with Gasteiger partial charge in [0, 0.05) is 44.1 Å². The van der Waals surface area contributed by atoms with Crippen LogP contribution < -0.4 is 0 Å². The fourth-order valence-electron chi connectivity index (χ4n) is 2.25. The second kappa shape index (κ2) is 9.93. The van der Waals surface area contributed by atoms with E-state index in [0.29, 0.717) is 36.9 Å². The predicted octanol–water partition coefficient (Wildman–Crippen LogP) is 2.19. The molecule has 0 aliphatic rings. The minimum atomic E-state index is -0.939. The average molecular weight is 378 g/mol. The highest BCUT2D eigenvalue weighted by atomic mass is 32.1. The Morgan fingerprint density at radius 2 is 2.19 bits per heavy atom. The van der Waals surface area contributed by atoms with Crippen molar-refractivity contribution in [3.63, 3.8) is 0 Å². The van der Waals surface area contributed by atoms with Crippen molar-refractivity contribution >= 4 is 23.2 Å². The number of aromatic nitrogens is 3. The number of hydrogen-bond donors (Lipinski definition) is 1. The van der Waals surface area contributed by atoms with Gasteiger partial charge in [-0.3, -0.25) is 19.6 Å². The van der Waals surface area contributed by atoms with Crippen molar-refractivity contribution in [2.75, 3.05) is 26.3 Å². The predicted molar refractivity (Wildman–Crippen MR) is 97.0 cm³/mol. The van der Waals surface area contributed by atoms with Crippen LogP contribution in [0.2, 0.25) is 0 Å². The summed E-state index contributed by atoms with van der Waals surface area (Å²) in [5, 5.41) is 11.4. The normalized spacial score (nSPS) is 11.9. The largest absolute Gasteiger partial charge is 0.481 e. The van der Waals surface area contributed by atoms with Gasteiger partial charge in [-0.05, 0) is 13.3 Å². The van der Waals surface area contributed by atoms with Crippen molar-refractivity contribution in [2.45, 2.75) is 20.3 Å². The lowest BCUT2D eigenvalue weighted by Gasteiger charge is -2.23. The molecule has 0 saturated carbocycles. The second-order valence-electron chi connectivity index (χ2n) is 5.67. The van der Waals surface area contributed by atoms with Gasteiger partial charge >= 0.3 is 5.97 Å². The van der Waals surface area contributed by atoms with Gasteiger partial charge in [-0.25, -0.2) is 4.98 Å². The van der Waals surface area contributed by atoms with Crippen molar-refractivity contribution in [1.82, 2.24) is 19.9 Å². The molecule has 140 valence electrons. The first-order valence-corrected chi connectivity index (χ1v) is 9.22. The maximum absolute atomic E-state index is 12.8. The van der Waals surface area contributed by atoms with Crippen LogP contribution in [0.25, 0.3) is 10.7 Å². The molecule has 0 spiro atoms. The molecule has 1 amide bonds. The highest BCUT2D eigenvalue weighted by Gasteiger charge is 2.23. The van der Waals surface area contributed by atoms with Crippen LogP contribution in [0.5, 0.6) is 0 Å². The fraction of sp³-hybridized carbons (Fsp3) is 0.471. The van der Waals surface area contributed by atoms with Crippen molar-refractivity contribution < 1.29 is 19.4 Å². The van der Waals surface area contributed by atoms with Gasteiger partial charge in [-0.1, -0.05) is 6.92 Å². The number of aliphatic carboxylic acids is 1. The molecule has 0 aromatic carbocycles. The summed E-state index contributed by atoms with van der Waals surface area (Å²) < 4.78 is 5.30. The van der Waals surface area contributed by atoms with Gasteiger partial charge in [0.25, 0.3) is 5.91 Å². The number of rotatable bonds is 10. The quantitative estimate of drug-likeness (QED) is 0.632. The van der Waals surface area contributed by atoms with Crippen molar-refractivity contribution in [1.29, 1.82) is 0 Å². The van der Waals surface area contributed by atoms with Crippen LogP contribution in [-0.2, 0) is 9.53 Å². The smallest absolute Gasteiger partial charge is 0.308 e. The average Bonchev–Trinajstić information content (AvgIpc) is 3.14. The van der Waals surface area contributed by atoms with Crippen molar-refractivity contribution in [3.05, 3.63) is 29.7 Å². The van der Waals surface area contributed by atoms with Gasteiger partial charge in [0.2, 0.25) is 0 Å². The summed E-state index contributed by atoms with van der Waals surface area (Å²) in [6.07, 6.45) is 5.34. The standard InChI is InChI=1S/C17H22N4O4S/c1-3-25-8-4-7-21(10-12(2)17(23)24)16(22)14-11-26-15(20-14)13-9-18-5-6-19-13/h5-6,9,11-12H,3-4,7-8,10H2,1-2H3,(H,23,24). The van der Waals surface area contributed by atoms with Crippen LogP contribution in [0, 0.1) is 5.92 Å². The first-order chi connectivity index (χ1) is 12.5. The molecule has 0 saturated heterocycles. The third-order valence-corrected chi connectivity index (χ3v) is 4.49. The Hall–Kier alpha value is -2.39. The van der Waals surface area contributed by atoms with E-state index in [1.165, 1.54) is 16.2 Å². The van der Waals surface area contributed by atoms with E-state index < -0.39 is 11.9 Å². The third-order valence-electron chi connectivity index (χ3n) is 3.63. The number of carboxylic acids is 1. The maximum atomic E-state index is 12.8. The number of nitrogens with zero attached hydrogens (tertiary/aromatic N) is 4. The summed E-state index contributed by atoms with van der Waals surface area (Å²) in [5.74, 6) is -1.89. The number of hydrogen-bond acceptors (Lipinski definition) is 7. The SMILES string of the molecule is CCOCCCN(CC(C)C(=O)O)C(=O)c1csc(-c2cnccn2)n1. The number of carbonyl (C=O) groups excluding carboxylic acids is 1. The Morgan fingerprint density at radius 3 is 2.85 bits per heavy atom. The van der Waals surface area contributed by atoms with Gasteiger partial charge in [-0.2, -0.15) is 0 Å². The molecular formula is C17H22N4O4S. The summed E-state index contributed by atoms with van der Waals surface area (Å²) in [5.41, 5.74) is 0.878. The molecule has 2 heterocycles. The van der Waals surface area contributed by atoms with Crippen molar-refractivity contribution in [3.8, 4) is 10.7 Å². The summed E-state index contributed by atoms with van der Waals surface area (Å²) in [7, 11) is 0. The maximum Gasteiger partial charge on any atom is 0.308 e. The molecule has 0 aliphatic heterocycles. The number of amides is 1. The van der Waals surface area contributed by atoms with E-state index in [2.05, 4.69) is 15.0 Å². The Morgan fingerprint density at radius 1 is 1.38 bits per heavy atom. The zero-order chi connectivity index (χ0) is 18.9. The van der Waals surface area contributed by atoms with E-state index in [1.807, 2.05) is 6.92 Å². The molecule has 8 nitrogen and oxygen atoms in total. The zero-order valence-electron chi connectivity index (χ0n) is 14.8. The first-order valence-electron chi connectivity index (χ1n) is 8.34. The van der Waals surface area contributed by atoms with E-state index in [0.717, 1.165) is 0 Å². The minimum Gasteiger partial charge on any atom is -0.481 e. The minimum absolute atomic E-state index is 0.123. The highest BCUT2D eigenvalue weighted by molar-refractivity contribution is 7.13. The number of carboxylic acid groups (broad SMARTS) is 1. The van der Waals surface area contributed by atoms with Gasteiger partial charge in [0.05, 0.1) is 12.1 Å². The monoisotopic (exact) mass is 378 g/mol. The molecule has 0 bridgehead atoms. The summed E-state index contributed by atoms with van der Waals surface area (Å²) in [6.45, 7) is 5.14. The topological polar surface area (TPSA) is 106 Å². The van der Waals surface area contributed by atoms with Crippen LogP contribution in [-0.4, -0.2) is 63.1 Å². The van der Waals surface area contributed by atoms with Crippen molar-refractivity contribution in [2.24, 2.45) is 5.92 Å². The van der Waals surface area contributed by atoms with E-state index >= 15 is 0 Å². The first kappa shape index (κ1) is 19.9. The van der Waals surface area contributed by atoms with Crippen LogP contribution in [0.15, 0.2) is 24.0 Å². The van der Waals surface area contributed by atoms with E-state index in [-0.39, 0.29) is 18.1 Å². The Bertz CT molecular complexity index is 723. The van der Waals surface area contributed by atoms with Gasteiger partial charge in [-0.15, -0.1) is 11.3 Å². The summed E-state index contributed by atoms with van der Waals surface area (Å²) in [4.78, 5) is 38.0. The molecule has 0 radical (unpaired) electrons. The molecule has 1 unspecified atom stereocenters. The summed E-state index contributed by atoms with van der Waals surface area (Å²) >= 11 is 1.30. The lowest BCUT2D eigenvalue weighted by molar-refractivity contribution is -0.141. The lowest BCUT2D eigenvalue weighted by atomic mass is 10.1. The molecule has 0 aliphatic carbocycles. The molecule has 0 fully saturated rings. The Labute approximate surface area is 155 Å². The number of thiazole rings is 1.